The molecule has 1 unspecified atom stereocenters. The lowest BCUT2D eigenvalue weighted by atomic mass is 9.94. The summed E-state index contributed by atoms with van der Waals surface area (Å²) >= 11 is 6.37. The summed E-state index contributed by atoms with van der Waals surface area (Å²) in [6.45, 7) is 4.14. The number of carbonyl (C=O) groups is 1. The highest BCUT2D eigenvalue weighted by atomic mass is 35.5. The van der Waals surface area contributed by atoms with E-state index in [0.29, 0.717) is 27.7 Å². The first-order chi connectivity index (χ1) is 16.9. The van der Waals surface area contributed by atoms with Gasteiger partial charge in [-0.2, -0.15) is 4.98 Å². The summed E-state index contributed by atoms with van der Waals surface area (Å²) in [5, 5.41) is 7.78. The molecule has 0 saturated heterocycles. The van der Waals surface area contributed by atoms with Crippen LogP contribution in [0.25, 0.3) is 17.0 Å². The van der Waals surface area contributed by atoms with Crippen molar-refractivity contribution < 1.29 is 13.7 Å². The molecule has 35 heavy (non-hydrogen) atoms. The van der Waals surface area contributed by atoms with Crippen molar-refractivity contribution in [1.82, 2.24) is 20.4 Å². The number of aromatic nitrogens is 2. The normalized spacial score (nSPS) is 15.9. The van der Waals surface area contributed by atoms with Gasteiger partial charge in [-0.3, -0.25) is 4.90 Å². The summed E-state index contributed by atoms with van der Waals surface area (Å²) in [6, 6.07) is 20.4. The fourth-order valence-electron chi connectivity index (χ4n) is 4.10. The predicted octanol–water partition coefficient (Wildman–Crippen LogP) is 6.54. The van der Waals surface area contributed by atoms with Gasteiger partial charge in [0, 0.05) is 16.3 Å². The van der Waals surface area contributed by atoms with Gasteiger partial charge >= 0.3 is 6.03 Å². The average molecular weight is 489 g/mol. The Morgan fingerprint density at radius 2 is 1.74 bits per heavy atom. The third-order valence-corrected chi connectivity index (χ3v) is 6.42. The quantitative estimate of drug-likeness (QED) is 0.346. The van der Waals surface area contributed by atoms with Gasteiger partial charge in [0.15, 0.2) is 0 Å². The van der Waals surface area contributed by atoms with Crippen molar-refractivity contribution in [3.63, 3.8) is 0 Å². The predicted molar refractivity (Wildman–Crippen MR) is 132 cm³/mol. The van der Waals surface area contributed by atoms with Crippen molar-refractivity contribution in [1.29, 1.82) is 0 Å². The van der Waals surface area contributed by atoms with Crippen LogP contribution < -0.4 is 5.32 Å². The number of carbonyl (C=O) groups excluding carboxylic acids is 1. The highest BCUT2D eigenvalue weighted by Crippen LogP contribution is 2.38. The van der Waals surface area contributed by atoms with Crippen molar-refractivity contribution in [3.05, 3.63) is 112 Å². The summed E-state index contributed by atoms with van der Waals surface area (Å²) in [5.41, 5.74) is 4.79. The molecule has 0 aliphatic carbocycles. The first kappa shape index (κ1) is 22.8. The molecule has 0 spiro atoms. The van der Waals surface area contributed by atoms with Crippen LogP contribution in [0.4, 0.5) is 9.18 Å². The summed E-state index contributed by atoms with van der Waals surface area (Å²) in [6.07, 6.45) is 0. The van der Waals surface area contributed by atoms with Gasteiger partial charge in [-0.15, -0.1) is 0 Å². The molecular weight excluding hydrogens is 467 g/mol. The number of nitrogens with zero attached hydrogens (tertiary/aromatic N) is 3. The number of hydrogen-bond acceptors (Lipinski definition) is 4. The van der Waals surface area contributed by atoms with Crippen LogP contribution in [0, 0.1) is 12.7 Å². The van der Waals surface area contributed by atoms with Gasteiger partial charge in [-0.05, 0) is 55.3 Å². The van der Waals surface area contributed by atoms with E-state index in [1.165, 1.54) is 12.1 Å². The Labute approximate surface area is 207 Å². The Morgan fingerprint density at radius 3 is 2.46 bits per heavy atom. The first-order valence-corrected chi connectivity index (χ1v) is 11.5. The molecule has 0 saturated carbocycles. The Kier molecular flexibility index (Phi) is 6.09. The Balaban J connectivity index is 1.60. The van der Waals surface area contributed by atoms with Crippen molar-refractivity contribution in [2.24, 2.45) is 0 Å². The van der Waals surface area contributed by atoms with Crippen LogP contribution in [0.3, 0.4) is 0 Å². The molecule has 2 amide bonds. The largest absolute Gasteiger partial charge is 0.334 e. The van der Waals surface area contributed by atoms with Crippen LogP contribution >= 0.6 is 11.6 Å². The number of halogens is 2. The minimum Gasteiger partial charge on any atom is -0.334 e. The van der Waals surface area contributed by atoms with Crippen LogP contribution in [0.2, 0.25) is 5.02 Å². The molecule has 0 fully saturated rings. The molecule has 5 rings (SSSR count). The molecule has 0 radical (unpaired) electrons. The lowest BCUT2D eigenvalue weighted by molar-refractivity contribution is 0.203. The van der Waals surface area contributed by atoms with Crippen LogP contribution in [0.5, 0.6) is 0 Å². The highest BCUT2D eigenvalue weighted by Gasteiger charge is 2.36. The van der Waals surface area contributed by atoms with E-state index in [-0.39, 0.29) is 24.3 Å². The van der Waals surface area contributed by atoms with Gasteiger partial charge < -0.3 is 9.84 Å². The van der Waals surface area contributed by atoms with Crippen molar-refractivity contribution >= 4 is 23.2 Å². The van der Waals surface area contributed by atoms with E-state index in [4.69, 9.17) is 16.1 Å². The minimum atomic E-state index is -0.493. The summed E-state index contributed by atoms with van der Waals surface area (Å²) < 4.78 is 19.1. The fraction of sp³-hybridized carbons (Fsp3) is 0.148. The molecule has 1 aromatic heterocycles. The number of amides is 2. The Morgan fingerprint density at radius 1 is 1.03 bits per heavy atom. The van der Waals surface area contributed by atoms with E-state index in [0.717, 1.165) is 16.7 Å². The molecule has 3 aromatic carbocycles. The number of rotatable bonds is 5. The maximum absolute atomic E-state index is 13.4. The van der Waals surface area contributed by atoms with E-state index in [1.807, 2.05) is 56.3 Å². The lowest BCUT2D eigenvalue weighted by Gasteiger charge is -2.35. The summed E-state index contributed by atoms with van der Waals surface area (Å²) in [7, 11) is 0. The average Bonchev–Trinajstić information content (AvgIpc) is 3.33. The molecule has 1 aliphatic rings. The molecule has 6 nitrogen and oxygen atoms in total. The lowest BCUT2D eigenvalue weighted by Crippen LogP contribution is -2.45. The smallest absolute Gasteiger partial charge is 0.322 e. The van der Waals surface area contributed by atoms with E-state index in [2.05, 4.69) is 15.5 Å². The number of nitrogens with one attached hydrogen (secondary N) is 1. The van der Waals surface area contributed by atoms with E-state index in [9.17, 15) is 9.18 Å². The SMILES string of the molecule is CC1=C(c2nc(-c3ccc(F)cc3)no2)C(c2ccc(C)cc2)NC(=O)N1Cc1ccccc1Cl. The monoisotopic (exact) mass is 488 g/mol. The summed E-state index contributed by atoms with van der Waals surface area (Å²) in [5.74, 6) is 0.259. The molecule has 1 atom stereocenters. The number of hydrogen-bond donors (Lipinski definition) is 1. The van der Waals surface area contributed by atoms with Crippen LogP contribution in [-0.2, 0) is 6.54 Å². The second-order valence-electron chi connectivity index (χ2n) is 8.40. The second-order valence-corrected chi connectivity index (χ2v) is 8.81. The zero-order chi connectivity index (χ0) is 24.5. The van der Waals surface area contributed by atoms with Crippen molar-refractivity contribution in [3.8, 4) is 11.4 Å². The Bertz CT molecular complexity index is 1410. The second kappa shape index (κ2) is 9.35. The van der Waals surface area contributed by atoms with Gasteiger partial charge in [-0.1, -0.05) is 64.8 Å². The van der Waals surface area contributed by atoms with E-state index < -0.39 is 6.04 Å². The maximum Gasteiger partial charge on any atom is 0.322 e. The highest BCUT2D eigenvalue weighted by molar-refractivity contribution is 6.31. The number of urea groups is 1. The summed E-state index contributed by atoms with van der Waals surface area (Å²) in [4.78, 5) is 19.5. The molecule has 1 aliphatic heterocycles. The van der Waals surface area contributed by atoms with Crippen molar-refractivity contribution in [2.45, 2.75) is 26.4 Å². The van der Waals surface area contributed by atoms with E-state index in [1.54, 1.807) is 23.1 Å². The van der Waals surface area contributed by atoms with Gasteiger partial charge in [0.05, 0.1) is 18.2 Å². The molecule has 1 N–H and O–H groups in total. The number of allylic oxidation sites excluding steroid dienone is 1. The van der Waals surface area contributed by atoms with Crippen LogP contribution in [-0.4, -0.2) is 21.1 Å². The zero-order valence-electron chi connectivity index (χ0n) is 19.1. The van der Waals surface area contributed by atoms with Gasteiger partial charge in [0.1, 0.15) is 5.82 Å². The third-order valence-electron chi connectivity index (χ3n) is 6.05. The van der Waals surface area contributed by atoms with Gasteiger partial charge in [0.25, 0.3) is 5.89 Å². The molecular formula is C27H22ClFN4O2. The Hall–Kier alpha value is -3.97. The van der Waals surface area contributed by atoms with Gasteiger partial charge in [-0.25, -0.2) is 9.18 Å². The molecule has 8 heteroatoms. The third kappa shape index (κ3) is 4.55. The molecule has 2 heterocycles. The fourth-order valence-corrected chi connectivity index (χ4v) is 4.30. The standard InChI is InChI=1S/C27H22ClFN4O2/c1-16-7-9-18(10-8-16)24-23(26-31-25(32-35-26)19-11-13-21(29)14-12-19)17(2)33(27(34)30-24)15-20-5-3-4-6-22(20)28/h3-14,24H,15H2,1-2H3,(H,30,34). The van der Waals surface area contributed by atoms with Gasteiger partial charge in [0.2, 0.25) is 5.82 Å². The van der Waals surface area contributed by atoms with Crippen LogP contribution in [0.1, 0.15) is 35.5 Å². The zero-order valence-corrected chi connectivity index (χ0v) is 19.9. The topological polar surface area (TPSA) is 71.3 Å². The maximum atomic E-state index is 13.4. The minimum absolute atomic E-state index is 0.255. The van der Waals surface area contributed by atoms with Crippen LogP contribution in [0.15, 0.2) is 83.0 Å². The van der Waals surface area contributed by atoms with Crippen molar-refractivity contribution in [2.75, 3.05) is 0 Å². The number of benzene rings is 3. The first-order valence-electron chi connectivity index (χ1n) is 11.1. The van der Waals surface area contributed by atoms with E-state index >= 15 is 0 Å². The molecule has 176 valence electrons. The molecule has 0 bridgehead atoms. The number of aryl methyl sites for hydroxylation is 1. The molecule has 4 aromatic rings.